The van der Waals surface area contributed by atoms with Gasteiger partial charge >= 0.3 is 0 Å². The number of methoxy groups -OCH3 is 1. The summed E-state index contributed by atoms with van der Waals surface area (Å²) in [6.07, 6.45) is 3.85. The molecule has 3 nitrogen and oxygen atoms in total. The highest BCUT2D eigenvalue weighted by Crippen LogP contribution is 2.40. The van der Waals surface area contributed by atoms with Crippen molar-refractivity contribution in [1.82, 2.24) is 4.98 Å². The monoisotopic (exact) mass is 354 g/mol. The SMILES string of the molecule is COc1ccc2c(c1)CCc1sc(N=Cc3ccc(Cl)cc3)nc1-2. The van der Waals surface area contributed by atoms with Crippen LogP contribution in [0.1, 0.15) is 16.0 Å². The molecule has 1 heterocycles. The van der Waals surface area contributed by atoms with Gasteiger partial charge in [0, 0.05) is 21.7 Å². The third kappa shape index (κ3) is 2.95. The maximum absolute atomic E-state index is 5.90. The minimum atomic E-state index is 0.726. The molecule has 2 aromatic carbocycles. The van der Waals surface area contributed by atoms with Crippen LogP contribution in [-0.2, 0) is 12.8 Å². The molecule has 0 saturated heterocycles. The van der Waals surface area contributed by atoms with E-state index in [-0.39, 0.29) is 0 Å². The van der Waals surface area contributed by atoms with Gasteiger partial charge in [-0.2, -0.15) is 0 Å². The largest absolute Gasteiger partial charge is 0.497 e. The molecule has 0 spiro atoms. The number of fused-ring (bicyclic) bond motifs is 3. The number of hydrogen-bond acceptors (Lipinski definition) is 4. The van der Waals surface area contributed by atoms with E-state index in [1.165, 1.54) is 16.0 Å². The van der Waals surface area contributed by atoms with Gasteiger partial charge in [-0.05, 0) is 54.3 Å². The van der Waals surface area contributed by atoms with Crippen LogP contribution < -0.4 is 4.74 Å². The second-order valence-corrected chi connectivity index (χ2v) is 7.10. The molecule has 0 bridgehead atoms. The first-order valence-electron chi connectivity index (χ1n) is 7.69. The molecule has 120 valence electrons. The van der Waals surface area contributed by atoms with Crippen molar-refractivity contribution in [3.05, 3.63) is 63.5 Å². The molecule has 1 aromatic heterocycles. The van der Waals surface area contributed by atoms with Crippen molar-refractivity contribution in [3.8, 4) is 17.0 Å². The molecule has 0 fully saturated rings. The number of thiazole rings is 1. The summed E-state index contributed by atoms with van der Waals surface area (Å²) in [6.45, 7) is 0. The zero-order valence-electron chi connectivity index (χ0n) is 13.1. The smallest absolute Gasteiger partial charge is 0.209 e. The molecule has 0 N–H and O–H groups in total. The first-order valence-corrected chi connectivity index (χ1v) is 8.89. The lowest BCUT2D eigenvalue weighted by Gasteiger charge is -2.15. The zero-order valence-corrected chi connectivity index (χ0v) is 14.7. The summed E-state index contributed by atoms with van der Waals surface area (Å²) in [7, 11) is 1.70. The van der Waals surface area contributed by atoms with E-state index in [2.05, 4.69) is 17.1 Å². The topological polar surface area (TPSA) is 34.5 Å². The fourth-order valence-electron chi connectivity index (χ4n) is 2.84. The van der Waals surface area contributed by atoms with Gasteiger partial charge in [0.2, 0.25) is 5.13 Å². The van der Waals surface area contributed by atoms with Crippen molar-refractivity contribution in [3.63, 3.8) is 0 Å². The summed E-state index contributed by atoms with van der Waals surface area (Å²) in [4.78, 5) is 10.6. The van der Waals surface area contributed by atoms with E-state index in [9.17, 15) is 0 Å². The Labute approximate surface area is 149 Å². The minimum absolute atomic E-state index is 0.726. The van der Waals surface area contributed by atoms with Crippen LogP contribution >= 0.6 is 22.9 Å². The van der Waals surface area contributed by atoms with E-state index < -0.39 is 0 Å². The Morgan fingerprint density at radius 3 is 2.79 bits per heavy atom. The van der Waals surface area contributed by atoms with E-state index in [1.807, 2.05) is 36.5 Å². The van der Waals surface area contributed by atoms with Crippen molar-refractivity contribution in [2.24, 2.45) is 4.99 Å². The Kier molecular flexibility index (Phi) is 4.08. The number of benzene rings is 2. The van der Waals surface area contributed by atoms with E-state index in [0.717, 1.165) is 40.0 Å². The number of rotatable bonds is 3. The maximum Gasteiger partial charge on any atom is 0.209 e. The highest BCUT2D eigenvalue weighted by atomic mass is 35.5. The van der Waals surface area contributed by atoms with Crippen LogP contribution in [0, 0.1) is 0 Å². The molecule has 4 rings (SSSR count). The molecular weight excluding hydrogens is 340 g/mol. The van der Waals surface area contributed by atoms with Gasteiger partial charge in [-0.25, -0.2) is 9.98 Å². The fraction of sp³-hybridized carbons (Fsp3) is 0.158. The first kappa shape index (κ1) is 15.4. The van der Waals surface area contributed by atoms with Gasteiger partial charge < -0.3 is 4.74 Å². The normalized spacial score (nSPS) is 12.9. The lowest BCUT2D eigenvalue weighted by molar-refractivity contribution is 0.414. The molecule has 3 aromatic rings. The van der Waals surface area contributed by atoms with Crippen LogP contribution in [0.2, 0.25) is 5.02 Å². The van der Waals surface area contributed by atoms with Crippen molar-refractivity contribution in [1.29, 1.82) is 0 Å². The third-order valence-electron chi connectivity index (χ3n) is 4.07. The van der Waals surface area contributed by atoms with Crippen LogP contribution in [0.15, 0.2) is 47.5 Å². The second-order valence-electron chi connectivity index (χ2n) is 5.60. The number of ether oxygens (including phenoxy) is 1. The lowest BCUT2D eigenvalue weighted by Crippen LogP contribution is -2.02. The number of nitrogens with zero attached hydrogens (tertiary/aromatic N) is 2. The van der Waals surface area contributed by atoms with Crippen LogP contribution in [-0.4, -0.2) is 18.3 Å². The van der Waals surface area contributed by atoms with Gasteiger partial charge in [0.25, 0.3) is 0 Å². The highest BCUT2D eigenvalue weighted by Gasteiger charge is 2.21. The van der Waals surface area contributed by atoms with Gasteiger partial charge in [0.05, 0.1) is 12.8 Å². The Morgan fingerprint density at radius 1 is 1.17 bits per heavy atom. The molecule has 24 heavy (non-hydrogen) atoms. The second kappa shape index (κ2) is 6.38. The molecule has 0 saturated carbocycles. The molecule has 1 aliphatic rings. The van der Waals surface area contributed by atoms with E-state index in [1.54, 1.807) is 18.4 Å². The van der Waals surface area contributed by atoms with Gasteiger partial charge in [-0.3, -0.25) is 0 Å². The average Bonchev–Trinajstić information content (AvgIpc) is 3.04. The Morgan fingerprint density at radius 2 is 2.00 bits per heavy atom. The predicted octanol–water partition coefficient (Wildman–Crippen LogP) is 5.32. The highest BCUT2D eigenvalue weighted by molar-refractivity contribution is 7.15. The van der Waals surface area contributed by atoms with Crippen molar-refractivity contribution in [2.45, 2.75) is 12.8 Å². The fourth-order valence-corrected chi connectivity index (χ4v) is 3.88. The number of aryl methyl sites for hydroxylation is 2. The summed E-state index contributed by atoms with van der Waals surface area (Å²) in [6, 6.07) is 13.8. The molecular formula is C19H15ClN2OS. The Balaban J connectivity index is 1.65. The van der Waals surface area contributed by atoms with Crippen molar-refractivity contribution in [2.75, 3.05) is 7.11 Å². The molecule has 0 unspecified atom stereocenters. The van der Waals surface area contributed by atoms with Crippen LogP contribution in [0.25, 0.3) is 11.3 Å². The summed E-state index contributed by atoms with van der Waals surface area (Å²) in [5.74, 6) is 0.897. The van der Waals surface area contributed by atoms with Crippen LogP contribution in [0.3, 0.4) is 0 Å². The zero-order chi connectivity index (χ0) is 16.5. The first-order chi connectivity index (χ1) is 11.7. The molecule has 0 aliphatic heterocycles. The average molecular weight is 355 g/mol. The molecule has 0 atom stereocenters. The van der Waals surface area contributed by atoms with Crippen LogP contribution in [0.5, 0.6) is 5.75 Å². The van der Waals surface area contributed by atoms with E-state index >= 15 is 0 Å². The molecule has 1 aliphatic carbocycles. The number of hydrogen-bond donors (Lipinski definition) is 0. The molecule has 0 amide bonds. The minimum Gasteiger partial charge on any atom is -0.497 e. The molecule has 5 heteroatoms. The summed E-state index contributed by atoms with van der Waals surface area (Å²) < 4.78 is 5.32. The van der Waals surface area contributed by atoms with Crippen molar-refractivity contribution >= 4 is 34.3 Å². The predicted molar refractivity (Wildman–Crippen MR) is 100 cm³/mol. The summed E-state index contributed by atoms with van der Waals surface area (Å²) in [5, 5.41) is 1.52. The van der Waals surface area contributed by atoms with Gasteiger partial charge in [-0.15, -0.1) is 0 Å². The quantitative estimate of drug-likeness (QED) is 0.596. The Bertz CT molecular complexity index is 916. The van der Waals surface area contributed by atoms with E-state index in [4.69, 9.17) is 21.3 Å². The number of aliphatic imine (C=N–C) groups is 1. The van der Waals surface area contributed by atoms with E-state index in [0.29, 0.717) is 0 Å². The number of halogens is 1. The van der Waals surface area contributed by atoms with Crippen LogP contribution in [0.4, 0.5) is 5.13 Å². The number of aromatic nitrogens is 1. The summed E-state index contributed by atoms with van der Waals surface area (Å²) >= 11 is 7.57. The lowest BCUT2D eigenvalue weighted by atomic mass is 9.93. The third-order valence-corrected chi connectivity index (χ3v) is 5.34. The van der Waals surface area contributed by atoms with Crippen molar-refractivity contribution < 1.29 is 4.74 Å². The Hall–Kier alpha value is -2.17. The summed E-state index contributed by atoms with van der Waals surface area (Å²) in [5.41, 5.74) is 4.56. The standard InChI is InChI=1S/C19H15ClN2OS/c1-23-15-7-8-16-13(10-15)4-9-17-18(16)22-19(24-17)21-11-12-2-5-14(20)6-3-12/h2-3,5-8,10-11H,4,9H2,1H3. The van der Waals surface area contributed by atoms with Gasteiger partial charge in [-0.1, -0.05) is 35.1 Å². The maximum atomic E-state index is 5.90. The van der Waals surface area contributed by atoms with Gasteiger partial charge in [0.1, 0.15) is 5.75 Å². The van der Waals surface area contributed by atoms with Gasteiger partial charge in [0.15, 0.2) is 0 Å². The molecule has 0 radical (unpaired) electrons.